The third-order valence-corrected chi connectivity index (χ3v) is 2.90. The molecule has 0 aliphatic heterocycles. The van der Waals surface area contributed by atoms with E-state index < -0.39 is 18.3 Å². The fraction of sp³-hybridized carbons (Fsp3) is 0.917. The Balaban J connectivity index is 4.43. The predicted octanol–water partition coefficient (Wildman–Crippen LogP) is 2.54. The highest BCUT2D eigenvalue weighted by molar-refractivity contribution is 5.05. The Kier molecular flexibility index (Phi) is 6.64. The van der Waals surface area contributed by atoms with Crippen LogP contribution in [-0.4, -0.2) is 42.8 Å². The maximum absolute atomic E-state index is 12.3. The Labute approximate surface area is 107 Å². The molecule has 0 aliphatic carbocycles. The van der Waals surface area contributed by atoms with E-state index in [0.29, 0.717) is 13.0 Å². The topological polar surface area (TPSA) is 39.1 Å². The van der Waals surface area contributed by atoms with Crippen molar-refractivity contribution in [3.05, 3.63) is 0 Å². The van der Waals surface area contributed by atoms with E-state index in [1.54, 1.807) is 13.8 Å². The Morgan fingerprint density at radius 1 is 1.39 bits per heavy atom. The summed E-state index contributed by atoms with van der Waals surface area (Å²) in [5.74, 6) is 0. The van der Waals surface area contributed by atoms with Crippen LogP contribution >= 0.6 is 0 Å². The molecule has 0 aliphatic rings. The van der Waals surface area contributed by atoms with Gasteiger partial charge in [0.05, 0.1) is 12.6 Å². The first-order valence-electron chi connectivity index (χ1n) is 6.07. The smallest absolute Gasteiger partial charge is 0.300 e. The van der Waals surface area contributed by atoms with Crippen LogP contribution in [0.4, 0.5) is 13.2 Å². The molecule has 106 valence electrons. The second kappa shape index (κ2) is 6.95. The number of rotatable bonds is 7. The number of halogens is 3. The van der Waals surface area contributed by atoms with Gasteiger partial charge in [-0.25, -0.2) is 0 Å². The second-order valence-corrected chi connectivity index (χ2v) is 4.95. The lowest BCUT2D eigenvalue weighted by molar-refractivity contribution is -0.147. The van der Waals surface area contributed by atoms with Crippen molar-refractivity contribution in [2.75, 3.05) is 20.1 Å². The third-order valence-electron chi connectivity index (χ3n) is 2.90. The molecule has 0 spiro atoms. The van der Waals surface area contributed by atoms with Crippen LogP contribution in [0.5, 0.6) is 0 Å². The fourth-order valence-electron chi connectivity index (χ4n) is 1.74. The summed E-state index contributed by atoms with van der Waals surface area (Å²) < 4.78 is 36.8. The van der Waals surface area contributed by atoms with Gasteiger partial charge in [0.1, 0.15) is 5.54 Å². The Morgan fingerprint density at radius 2 is 1.94 bits per heavy atom. The average molecular weight is 265 g/mol. The standard InChI is InChI=1S/C12H22F3N3/c1-5-6-17-11(3,8-16)7-10(2)18(4)9-12(13,14)15/h10,17H,5-7,9H2,1-4H3. The highest BCUT2D eigenvalue weighted by atomic mass is 19.4. The van der Waals surface area contributed by atoms with Crippen molar-refractivity contribution in [1.29, 1.82) is 5.26 Å². The molecule has 0 bridgehead atoms. The van der Waals surface area contributed by atoms with Crippen LogP contribution in [0.3, 0.4) is 0 Å². The van der Waals surface area contributed by atoms with Gasteiger partial charge in [0.15, 0.2) is 0 Å². The summed E-state index contributed by atoms with van der Waals surface area (Å²) in [6.07, 6.45) is -2.97. The Hall–Kier alpha value is -0.800. The van der Waals surface area contributed by atoms with Gasteiger partial charge >= 0.3 is 6.18 Å². The van der Waals surface area contributed by atoms with Crippen LogP contribution in [0, 0.1) is 11.3 Å². The first-order valence-corrected chi connectivity index (χ1v) is 6.07. The largest absolute Gasteiger partial charge is 0.401 e. The van der Waals surface area contributed by atoms with Crippen molar-refractivity contribution in [2.24, 2.45) is 0 Å². The van der Waals surface area contributed by atoms with Gasteiger partial charge in [-0.05, 0) is 40.3 Å². The van der Waals surface area contributed by atoms with Crippen molar-refractivity contribution >= 4 is 0 Å². The summed E-state index contributed by atoms with van der Waals surface area (Å²) in [5, 5.41) is 12.2. The van der Waals surface area contributed by atoms with Crippen LogP contribution in [0.2, 0.25) is 0 Å². The molecule has 0 radical (unpaired) electrons. The molecular weight excluding hydrogens is 243 g/mol. The van der Waals surface area contributed by atoms with Crippen LogP contribution in [0.1, 0.15) is 33.6 Å². The number of nitrogens with zero attached hydrogens (tertiary/aromatic N) is 2. The van der Waals surface area contributed by atoms with E-state index in [1.807, 2.05) is 6.92 Å². The van der Waals surface area contributed by atoms with Gasteiger partial charge in [-0.1, -0.05) is 6.92 Å². The first kappa shape index (κ1) is 17.2. The molecule has 0 saturated carbocycles. The van der Waals surface area contributed by atoms with Gasteiger partial charge in [0, 0.05) is 6.04 Å². The van der Waals surface area contributed by atoms with E-state index in [2.05, 4.69) is 11.4 Å². The van der Waals surface area contributed by atoms with Gasteiger partial charge < -0.3 is 0 Å². The maximum atomic E-state index is 12.3. The van der Waals surface area contributed by atoms with E-state index in [9.17, 15) is 13.2 Å². The number of hydrogen-bond donors (Lipinski definition) is 1. The monoisotopic (exact) mass is 265 g/mol. The van der Waals surface area contributed by atoms with E-state index in [0.717, 1.165) is 6.42 Å². The van der Waals surface area contributed by atoms with Gasteiger partial charge in [0.2, 0.25) is 0 Å². The molecule has 0 fully saturated rings. The van der Waals surface area contributed by atoms with E-state index in [4.69, 9.17) is 5.26 Å². The number of nitrogens with one attached hydrogen (secondary N) is 1. The third kappa shape index (κ3) is 6.82. The molecule has 2 unspecified atom stereocenters. The van der Waals surface area contributed by atoms with Crippen LogP contribution in [-0.2, 0) is 0 Å². The van der Waals surface area contributed by atoms with Crippen molar-refractivity contribution in [3.63, 3.8) is 0 Å². The summed E-state index contributed by atoms with van der Waals surface area (Å²) in [5.41, 5.74) is -0.782. The molecule has 0 saturated heterocycles. The molecule has 0 aromatic heterocycles. The van der Waals surface area contributed by atoms with E-state index in [1.165, 1.54) is 11.9 Å². The molecule has 2 atom stereocenters. The predicted molar refractivity (Wildman–Crippen MR) is 65.1 cm³/mol. The van der Waals surface area contributed by atoms with Crippen molar-refractivity contribution in [3.8, 4) is 6.07 Å². The highest BCUT2D eigenvalue weighted by Gasteiger charge is 2.33. The fourth-order valence-corrected chi connectivity index (χ4v) is 1.74. The maximum Gasteiger partial charge on any atom is 0.401 e. The van der Waals surface area contributed by atoms with Crippen molar-refractivity contribution in [1.82, 2.24) is 10.2 Å². The average Bonchev–Trinajstić information content (AvgIpc) is 2.24. The quantitative estimate of drug-likeness (QED) is 0.769. The molecule has 1 N–H and O–H groups in total. The molecular formula is C12H22F3N3. The summed E-state index contributed by atoms with van der Waals surface area (Å²) in [6.45, 7) is 5.13. The lowest BCUT2D eigenvalue weighted by atomic mass is 9.94. The van der Waals surface area contributed by atoms with Gasteiger partial charge in [-0.15, -0.1) is 0 Å². The summed E-state index contributed by atoms with van der Waals surface area (Å²) in [4.78, 5) is 1.23. The zero-order chi connectivity index (χ0) is 14.4. The Bertz CT molecular complexity index is 285. The normalized spacial score (nSPS) is 17.3. The van der Waals surface area contributed by atoms with E-state index in [-0.39, 0.29) is 6.04 Å². The minimum atomic E-state index is -4.21. The van der Waals surface area contributed by atoms with Gasteiger partial charge in [-0.3, -0.25) is 10.2 Å². The number of nitriles is 1. The van der Waals surface area contributed by atoms with Crippen LogP contribution in [0.25, 0.3) is 0 Å². The number of alkyl halides is 3. The molecule has 6 heteroatoms. The van der Waals surface area contributed by atoms with Gasteiger partial charge in [-0.2, -0.15) is 18.4 Å². The lowest BCUT2D eigenvalue weighted by Gasteiger charge is -2.32. The molecule has 0 amide bonds. The minimum Gasteiger partial charge on any atom is -0.300 e. The Morgan fingerprint density at radius 3 is 2.33 bits per heavy atom. The molecule has 0 heterocycles. The molecule has 3 nitrogen and oxygen atoms in total. The SMILES string of the molecule is CCCNC(C)(C#N)CC(C)N(C)CC(F)(F)F. The molecule has 0 aromatic carbocycles. The zero-order valence-electron chi connectivity index (χ0n) is 11.4. The lowest BCUT2D eigenvalue weighted by Crippen LogP contribution is -2.48. The summed E-state index contributed by atoms with van der Waals surface area (Å²) in [7, 11) is 1.43. The van der Waals surface area contributed by atoms with Crippen molar-refractivity contribution < 1.29 is 13.2 Å². The highest BCUT2D eigenvalue weighted by Crippen LogP contribution is 2.20. The molecule has 18 heavy (non-hydrogen) atoms. The van der Waals surface area contributed by atoms with E-state index >= 15 is 0 Å². The van der Waals surface area contributed by atoms with Crippen molar-refractivity contribution in [2.45, 2.75) is 51.4 Å². The van der Waals surface area contributed by atoms with Gasteiger partial charge in [0.25, 0.3) is 0 Å². The second-order valence-electron chi connectivity index (χ2n) is 4.95. The summed E-state index contributed by atoms with van der Waals surface area (Å²) >= 11 is 0. The molecule has 0 rings (SSSR count). The van der Waals surface area contributed by atoms with Crippen LogP contribution < -0.4 is 5.32 Å². The summed E-state index contributed by atoms with van der Waals surface area (Å²) in [6, 6.07) is 1.82. The molecule has 0 aromatic rings. The van der Waals surface area contributed by atoms with Crippen LogP contribution in [0.15, 0.2) is 0 Å². The number of hydrogen-bond acceptors (Lipinski definition) is 3. The first-order chi connectivity index (χ1) is 8.13. The minimum absolute atomic E-state index is 0.319. The zero-order valence-corrected chi connectivity index (χ0v) is 11.4.